The van der Waals surface area contributed by atoms with Crippen LogP contribution < -0.4 is 15.4 Å². The van der Waals surface area contributed by atoms with Gasteiger partial charge in [-0.25, -0.2) is 9.97 Å². The average Bonchev–Trinajstić information content (AvgIpc) is 3.49. The van der Waals surface area contributed by atoms with Crippen molar-refractivity contribution in [3.8, 4) is 11.5 Å². The quantitative estimate of drug-likeness (QED) is 0.257. The third-order valence-corrected chi connectivity index (χ3v) is 6.45. The van der Waals surface area contributed by atoms with Crippen molar-refractivity contribution < 1.29 is 18.3 Å². The standard InChI is InChI=1S/C24H18ClF2N5O2S/c25-16-12-14(4-5-19(16)34-18-2-1-3-20-15(18)7-11-35-20)31-23-21-17(29-13-30-23)6-9-32(21)10-8-28-24(33)22(26)27/h1-7,9,11-13,22H,8,10H2,(H,28,33)(H,29,30,31). The van der Waals surface area contributed by atoms with Crippen LogP contribution in [0.5, 0.6) is 11.5 Å². The Morgan fingerprint density at radius 1 is 1.14 bits per heavy atom. The van der Waals surface area contributed by atoms with Gasteiger partial charge in [0.15, 0.2) is 5.82 Å². The number of carbonyl (C=O) groups is 1. The lowest BCUT2D eigenvalue weighted by molar-refractivity contribution is -0.131. The van der Waals surface area contributed by atoms with Crippen LogP contribution in [0.15, 0.2) is 66.4 Å². The van der Waals surface area contributed by atoms with Crippen molar-refractivity contribution in [2.75, 3.05) is 11.9 Å². The summed E-state index contributed by atoms with van der Waals surface area (Å²) < 4.78 is 33.8. The van der Waals surface area contributed by atoms with Crippen LogP contribution in [0.1, 0.15) is 0 Å². The Bertz CT molecular complexity index is 1520. The molecule has 3 heterocycles. The topological polar surface area (TPSA) is 81.1 Å². The zero-order chi connectivity index (χ0) is 24.4. The second kappa shape index (κ2) is 9.85. The fourth-order valence-corrected chi connectivity index (χ4v) is 4.68. The van der Waals surface area contributed by atoms with E-state index in [4.69, 9.17) is 16.3 Å². The maximum atomic E-state index is 12.4. The smallest absolute Gasteiger partial charge is 0.315 e. The number of rotatable bonds is 8. The molecule has 2 N–H and O–H groups in total. The fraction of sp³-hybridized carbons (Fsp3) is 0.125. The van der Waals surface area contributed by atoms with Gasteiger partial charge in [-0.15, -0.1) is 11.3 Å². The molecule has 7 nitrogen and oxygen atoms in total. The summed E-state index contributed by atoms with van der Waals surface area (Å²) in [6.07, 6.45) is 0.133. The van der Waals surface area contributed by atoms with E-state index in [0.29, 0.717) is 33.3 Å². The zero-order valence-corrected chi connectivity index (χ0v) is 19.6. The molecule has 1 amide bonds. The number of hydrogen-bond acceptors (Lipinski definition) is 6. The van der Waals surface area contributed by atoms with Crippen molar-refractivity contribution in [2.45, 2.75) is 13.0 Å². The van der Waals surface area contributed by atoms with Crippen molar-refractivity contribution >= 4 is 61.5 Å². The van der Waals surface area contributed by atoms with Crippen molar-refractivity contribution in [3.63, 3.8) is 0 Å². The lowest BCUT2D eigenvalue weighted by atomic mass is 10.2. The Morgan fingerprint density at radius 3 is 2.86 bits per heavy atom. The van der Waals surface area contributed by atoms with Gasteiger partial charge < -0.3 is 19.9 Å². The van der Waals surface area contributed by atoms with E-state index in [2.05, 4.69) is 20.6 Å². The molecule has 178 valence electrons. The van der Waals surface area contributed by atoms with Gasteiger partial charge in [-0.2, -0.15) is 8.78 Å². The summed E-state index contributed by atoms with van der Waals surface area (Å²) in [6.45, 7) is 0.307. The Hall–Kier alpha value is -3.76. The first kappa shape index (κ1) is 23.0. The third kappa shape index (κ3) is 4.89. The summed E-state index contributed by atoms with van der Waals surface area (Å²) in [5.74, 6) is 0.443. The predicted molar refractivity (Wildman–Crippen MR) is 133 cm³/mol. The minimum Gasteiger partial charge on any atom is -0.455 e. The number of fused-ring (bicyclic) bond motifs is 2. The molecule has 0 saturated carbocycles. The van der Waals surface area contributed by atoms with Crippen LogP contribution in [0.2, 0.25) is 5.02 Å². The monoisotopic (exact) mass is 513 g/mol. The van der Waals surface area contributed by atoms with Gasteiger partial charge in [0.1, 0.15) is 23.3 Å². The van der Waals surface area contributed by atoms with Crippen molar-refractivity contribution in [3.05, 3.63) is 71.5 Å². The second-order valence-corrected chi connectivity index (χ2v) is 8.87. The van der Waals surface area contributed by atoms with Crippen LogP contribution in [0.3, 0.4) is 0 Å². The third-order valence-electron chi connectivity index (χ3n) is 5.27. The van der Waals surface area contributed by atoms with E-state index >= 15 is 0 Å². The molecule has 0 aliphatic carbocycles. The summed E-state index contributed by atoms with van der Waals surface area (Å²) in [5, 5.41) is 8.87. The molecule has 0 bridgehead atoms. The van der Waals surface area contributed by atoms with Crippen molar-refractivity contribution in [1.29, 1.82) is 0 Å². The number of anilines is 2. The highest BCUT2D eigenvalue weighted by Gasteiger charge is 2.15. The van der Waals surface area contributed by atoms with E-state index < -0.39 is 12.3 Å². The first-order chi connectivity index (χ1) is 17.0. The van der Waals surface area contributed by atoms with E-state index in [0.717, 1.165) is 15.8 Å². The van der Waals surface area contributed by atoms with Crippen molar-refractivity contribution in [1.82, 2.24) is 19.9 Å². The number of benzene rings is 2. The predicted octanol–water partition coefficient (Wildman–Crippen LogP) is 6.22. The first-order valence-corrected chi connectivity index (χ1v) is 11.8. The largest absolute Gasteiger partial charge is 0.455 e. The molecule has 0 unspecified atom stereocenters. The summed E-state index contributed by atoms with van der Waals surface area (Å²) in [5.41, 5.74) is 2.01. The number of nitrogens with one attached hydrogen (secondary N) is 2. The number of amides is 1. The summed E-state index contributed by atoms with van der Waals surface area (Å²) >= 11 is 8.16. The highest BCUT2D eigenvalue weighted by molar-refractivity contribution is 7.17. The SMILES string of the molecule is O=C(NCCn1ccc2ncnc(Nc3ccc(Oc4cccc5sccc45)c(Cl)c3)c21)C(F)F. The van der Waals surface area contributed by atoms with Gasteiger partial charge in [0, 0.05) is 35.1 Å². The number of carbonyl (C=O) groups excluding carboxylic acids is 1. The Labute approximate surface area is 207 Å². The summed E-state index contributed by atoms with van der Waals surface area (Å²) in [7, 11) is 0. The number of aromatic nitrogens is 3. The lowest BCUT2D eigenvalue weighted by Gasteiger charge is -2.13. The number of nitrogens with zero attached hydrogens (tertiary/aromatic N) is 3. The molecule has 11 heteroatoms. The van der Waals surface area contributed by atoms with Crippen LogP contribution in [0, 0.1) is 0 Å². The van der Waals surface area contributed by atoms with Gasteiger partial charge in [-0.3, -0.25) is 4.79 Å². The van der Waals surface area contributed by atoms with Gasteiger partial charge in [0.2, 0.25) is 0 Å². The molecule has 35 heavy (non-hydrogen) atoms. The molecule has 0 spiro atoms. The molecule has 0 aliphatic rings. The second-order valence-electron chi connectivity index (χ2n) is 7.52. The van der Waals surface area contributed by atoms with E-state index in [1.165, 1.54) is 6.33 Å². The molecular formula is C24H18ClF2N5O2S. The van der Waals surface area contributed by atoms with Crippen LogP contribution in [0.25, 0.3) is 21.1 Å². The van der Waals surface area contributed by atoms with E-state index in [9.17, 15) is 13.6 Å². The first-order valence-electron chi connectivity index (χ1n) is 10.6. The number of halogens is 3. The van der Waals surface area contributed by atoms with Crippen LogP contribution in [0.4, 0.5) is 20.3 Å². The van der Waals surface area contributed by atoms with Gasteiger partial charge in [0.05, 0.1) is 10.5 Å². The average molecular weight is 514 g/mol. The molecule has 0 saturated heterocycles. The molecule has 5 rings (SSSR count). The summed E-state index contributed by atoms with van der Waals surface area (Å²) in [4.78, 5) is 19.7. The van der Waals surface area contributed by atoms with Gasteiger partial charge >= 0.3 is 6.43 Å². The number of hydrogen-bond donors (Lipinski definition) is 2. The molecule has 0 radical (unpaired) electrons. The van der Waals surface area contributed by atoms with Crippen LogP contribution in [-0.4, -0.2) is 33.4 Å². The van der Waals surface area contributed by atoms with Crippen molar-refractivity contribution in [2.24, 2.45) is 0 Å². The van der Waals surface area contributed by atoms with Crippen LogP contribution in [-0.2, 0) is 11.3 Å². The van der Waals surface area contributed by atoms with Gasteiger partial charge in [-0.05, 0) is 47.8 Å². The minimum atomic E-state index is -3.05. The van der Waals surface area contributed by atoms with E-state index in [1.54, 1.807) is 40.3 Å². The molecule has 2 aromatic carbocycles. The maximum absolute atomic E-state index is 12.4. The minimum absolute atomic E-state index is 0.0377. The Kier molecular flexibility index (Phi) is 6.47. The molecule has 5 aromatic rings. The fourth-order valence-electron chi connectivity index (χ4n) is 3.66. The number of ether oxygens (including phenoxy) is 1. The zero-order valence-electron chi connectivity index (χ0n) is 18.0. The molecule has 0 fully saturated rings. The van der Waals surface area contributed by atoms with E-state index in [-0.39, 0.29) is 13.1 Å². The van der Waals surface area contributed by atoms with Gasteiger partial charge in [0.25, 0.3) is 5.91 Å². The highest BCUT2D eigenvalue weighted by Crippen LogP contribution is 2.37. The molecule has 3 aromatic heterocycles. The Morgan fingerprint density at radius 2 is 2.03 bits per heavy atom. The Balaban J connectivity index is 1.35. The molecular weight excluding hydrogens is 496 g/mol. The number of alkyl halides is 2. The van der Waals surface area contributed by atoms with Gasteiger partial charge in [-0.1, -0.05) is 17.7 Å². The summed E-state index contributed by atoms with van der Waals surface area (Å²) in [6, 6.07) is 15.0. The normalized spacial score (nSPS) is 11.3. The highest BCUT2D eigenvalue weighted by atomic mass is 35.5. The van der Waals surface area contributed by atoms with E-state index in [1.807, 2.05) is 35.7 Å². The van der Waals surface area contributed by atoms with Crippen LogP contribution >= 0.6 is 22.9 Å². The molecule has 0 atom stereocenters. The number of thiophene rings is 1. The maximum Gasteiger partial charge on any atom is 0.315 e. The molecule has 0 aliphatic heterocycles. The lowest BCUT2D eigenvalue weighted by Crippen LogP contribution is -2.32.